The number of ether oxygens (including phenoxy) is 1. The molecule has 0 atom stereocenters. The van der Waals surface area contributed by atoms with Crippen LogP contribution in [0.2, 0.25) is 0 Å². The van der Waals surface area contributed by atoms with Crippen LogP contribution in [0.25, 0.3) is 0 Å². The molecule has 1 rings (SSSR count). The van der Waals surface area contributed by atoms with E-state index in [-0.39, 0.29) is 11.3 Å². The van der Waals surface area contributed by atoms with Gasteiger partial charge in [0.15, 0.2) is 0 Å². The number of carbonyl (C=O) groups excluding carboxylic acids is 2. The number of amides is 1. The standard InChI is InChI=1S/C8H8N2O4/c1-14-8(12)6-3-2-5(4-9-6)7(11)10-13/h2-4,13H,1H3,(H,10,11). The van der Waals surface area contributed by atoms with Crippen LogP contribution in [0.15, 0.2) is 18.3 Å². The minimum absolute atomic E-state index is 0.0991. The second-order valence-electron chi connectivity index (χ2n) is 2.36. The second-order valence-corrected chi connectivity index (χ2v) is 2.36. The van der Waals surface area contributed by atoms with Gasteiger partial charge in [-0.15, -0.1) is 0 Å². The Morgan fingerprint density at radius 3 is 2.64 bits per heavy atom. The van der Waals surface area contributed by atoms with E-state index in [0.717, 1.165) is 6.20 Å². The summed E-state index contributed by atoms with van der Waals surface area (Å²) in [5, 5.41) is 8.29. The van der Waals surface area contributed by atoms with E-state index in [9.17, 15) is 9.59 Å². The van der Waals surface area contributed by atoms with Crippen molar-refractivity contribution >= 4 is 11.9 Å². The van der Waals surface area contributed by atoms with Gasteiger partial charge in [-0.05, 0) is 12.1 Å². The molecule has 0 fully saturated rings. The van der Waals surface area contributed by atoms with Crippen LogP contribution in [0, 0.1) is 0 Å². The lowest BCUT2D eigenvalue weighted by molar-refractivity contribution is 0.0592. The number of nitrogens with zero attached hydrogens (tertiary/aromatic N) is 1. The highest BCUT2D eigenvalue weighted by atomic mass is 16.5. The summed E-state index contributed by atoms with van der Waals surface area (Å²) in [7, 11) is 1.23. The molecule has 0 bridgehead atoms. The van der Waals surface area contributed by atoms with Crippen molar-refractivity contribution in [3.63, 3.8) is 0 Å². The van der Waals surface area contributed by atoms with E-state index in [4.69, 9.17) is 5.21 Å². The quantitative estimate of drug-likeness (QED) is 0.394. The highest BCUT2D eigenvalue weighted by Gasteiger charge is 2.09. The molecule has 0 aliphatic carbocycles. The SMILES string of the molecule is COC(=O)c1ccc(C(=O)NO)cn1. The van der Waals surface area contributed by atoms with Gasteiger partial charge in [0.1, 0.15) is 5.69 Å². The number of methoxy groups -OCH3 is 1. The van der Waals surface area contributed by atoms with Crippen molar-refractivity contribution in [2.75, 3.05) is 7.11 Å². The zero-order chi connectivity index (χ0) is 10.6. The molecule has 0 aromatic carbocycles. The number of esters is 1. The Morgan fingerprint density at radius 2 is 2.21 bits per heavy atom. The van der Waals surface area contributed by atoms with Gasteiger partial charge < -0.3 is 4.74 Å². The lowest BCUT2D eigenvalue weighted by atomic mass is 10.2. The van der Waals surface area contributed by atoms with Crippen molar-refractivity contribution in [1.82, 2.24) is 10.5 Å². The number of pyridine rings is 1. The minimum atomic E-state index is -0.686. The van der Waals surface area contributed by atoms with Crippen molar-refractivity contribution in [1.29, 1.82) is 0 Å². The first kappa shape index (κ1) is 10.1. The maximum atomic E-state index is 10.9. The fourth-order valence-corrected chi connectivity index (χ4v) is 0.818. The zero-order valence-corrected chi connectivity index (χ0v) is 7.35. The van der Waals surface area contributed by atoms with Crippen molar-refractivity contribution in [3.8, 4) is 0 Å². The molecule has 0 aliphatic rings. The van der Waals surface area contributed by atoms with Crippen molar-refractivity contribution in [2.24, 2.45) is 0 Å². The van der Waals surface area contributed by atoms with Gasteiger partial charge in [0.05, 0.1) is 12.7 Å². The first-order valence-corrected chi connectivity index (χ1v) is 3.68. The van der Waals surface area contributed by atoms with E-state index in [1.165, 1.54) is 24.7 Å². The maximum absolute atomic E-state index is 10.9. The summed E-state index contributed by atoms with van der Waals surface area (Å²) < 4.78 is 4.41. The van der Waals surface area contributed by atoms with Crippen molar-refractivity contribution in [3.05, 3.63) is 29.6 Å². The maximum Gasteiger partial charge on any atom is 0.356 e. The number of hydrogen-bond donors (Lipinski definition) is 2. The predicted octanol–water partition coefficient (Wildman–Crippen LogP) is -0.0128. The number of carbonyl (C=O) groups is 2. The molecule has 0 spiro atoms. The number of hydrogen-bond acceptors (Lipinski definition) is 5. The number of nitrogens with one attached hydrogen (secondary N) is 1. The van der Waals surface area contributed by atoms with E-state index < -0.39 is 11.9 Å². The molecule has 1 amide bonds. The zero-order valence-electron chi connectivity index (χ0n) is 7.35. The van der Waals surface area contributed by atoms with Crippen LogP contribution in [0.5, 0.6) is 0 Å². The van der Waals surface area contributed by atoms with Gasteiger partial charge in [-0.1, -0.05) is 0 Å². The molecule has 1 heterocycles. The lowest BCUT2D eigenvalue weighted by Gasteiger charge is -1.99. The molecule has 0 saturated carbocycles. The van der Waals surface area contributed by atoms with Crippen LogP contribution in [0.3, 0.4) is 0 Å². The third kappa shape index (κ3) is 2.05. The third-order valence-corrected chi connectivity index (χ3v) is 1.52. The Labute approximate surface area is 79.5 Å². The Kier molecular flexibility index (Phi) is 3.14. The van der Waals surface area contributed by atoms with Crippen LogP contribution in [0.1, 0.15) is 20.8 Å². The summed E-state index contributed by atoms with van der Waals surface area (Å²) in [5.41, 5.74) is 1.70. The normalized spacial score (nSPS) is 9.29. The van der Waals surface area contributed by atoms with Crippen molar-refractivity contribution in [2.45, 2.75) is 0 Å². The van der Waals surface area contributed by atoms with E-state index in [2.05, 4.69) is 9.72 Å². The highest BCUT2D eigenvalue weighted by Crippen LogP contribution is 2.01. The number of rotatable bonds is 2. The molecule has 14 heavy (non-hydrogen) atoms. The molecule has 1 aromatic heterocycles. The third-order valence-electron chi connectivity index (χ3n) is 1.52. The molecule has 0 unspecified atom stereocenters. The van der Waals surface area contributed by atoms with E-state index in [1.807, 2.05) is 0 Å². The number of hydroxylamine groups is 1. The fraction of sp³-hybridized carbons (Fsp3) is 0.125. The van der Waals surface area contributed by atoms with Gasteiger partial charge >= 0.3 is 5.97 Å². The first-order valence-electron chi connectivity index (χ1n) is 3.68. The highest BCUT2D eigenvalue weighted by molar-refractivity contribution is 5.94. The van der Waals surface area contributed by atoms with Crippen molar-refractivity contribution < 1.29 is 19.5 Å². The van der Waals surface area contributed by atoms with Crippen LogP contribution in [0.4, 0.5) is 0 Å². The van der Waals surface area contributed by atoms with E-state index >= 15 is 0 Å². The van der Waals surface area contributed by atoms with Crippen LogP contribution in [-0.4, -0.2) is 29.2 Å². The molecule has 0 saturated heterocycles. The summed E-state index contributed by atoms with van der Waals surface area (Å²) in [6.07, 6.45) is 1.16. The second kappa shape index (κ2) is 4.33. The summed E-state index contributed by atoms with van der Waals surface area (Å²) in [5.74, 6) is -1.27. The number of aromatic nitrogens is 1. The Hall–Kier alpha value is -1.95. The fourth-order valence-electron chi connectivity index (χ4n) is 0.818. The summed E-state index contributed by atoms with van der Waals surface area (Å²) in [6, 6.07) is 2.68. The average molecular weight is 196 g/mol. The Bertz CT molecular complexity index is 312. The van der Waals surface area contributed by atoms with E-state index in [0.29, 0.717) is 0 Å². The molecular weight excluding hydrogens is 188 g/mol. The molecule has 1 aromatic rings. The molecule has 0 aliphatic heterocycles. The smallest absolute Gasteiger partial charge is 0.356 e. The molecule has 74 valence electrons. The predicted molar refractivity (Wildman–Crippen MR) is 44.8 cm³/mol. The largest absolute Gasteiger partial charge is 0.464 e. The molecule has 6 nitrogen and oxygen atoms in total. The van der Waals surface area contributed by atoms with Gasteiger partial charge in [0.25, 0.3) is 5.91 Å². The van der Waals surface area contributed by atoms with Gasteiger partial charge in [0.2, 0.25) is 0 Å². The first-order chi connectivity index (χ1) is 6.69. The van der Waals surface area contributed by atoms with Gasteiger partial charge in [0, 0.05) is 6.20 Å². The Balaban J connectivity index is 2.89. The summed E-state index contributed by atoms with van der Waals surface area (Å²) >= 11 is 0. The minimum Gasteiger partial charge on any atom is -0.464 e. The monoisotopic (exact) mass is 196 g/mol. The topological polar surface area (TPSA) is 88.5 Å². The summed E-state index contributed by atoms with van der Waals surface area (Å²) in [4.78, 5) is 25.4. The molecule has 0 radical (unpaired) electrons. The van der Waals surface area contributed by atoms with Gasteiger partial charge in [-0.3, -0.25) is 10.0 Å². The van der Waals surface area contributed by atoms with Crippen LogP contribution < -0.4 is 5.48 Å². The van der Waals surface area contributed by atoms with E-state index in [1.54, 1.807) is 0 Å². The molecule has 6 heteroatoms. The Morgan fingerprint density at radius 1 is 1.50 bits per heavy atom. The molecule has 2 N–H and O–H groups in total. The average Bonchev–Trinajstić information content (AvgIpc) is 2.27. The summed E-state index contributed by atoms with van der Waals surface area (Å²) in [6.45, 7) is 0. The van der Waals surface area contributed by atoms with Gasteiger partial charge in [-0.25, -0.2) is 15.3 Å². The molecular formula is C8H8N2O4. The van der Waals surface area contributed by atoms with Crippen LogP contribution in [-0.2, 0) is 4.74 Å². The van der Waals surface area contributed by atoms with Gasteiger partial charge in [-0.2, -0.15) is 0 Å². The van der Waals surface area contributed by atoms with Crippen LogP contribution >= 0.6 is 0 Å². The lowest BCUT2D eigenvalue weighted by Crippen LogP contribution is -2.19.